The van der Waals surface area contributed by atoms with E-state index in [1.165, 1.54) is 0 Å². The Labute approximate surface area is 73.1 Å². The van der Waals surface area contributed by atoms with Crippen molar-refractivity contribution in [3.8, 4) is 5.75 Å². The lowest BCUT2D eigenvalue weighted by molar-refractivity contribution is 0.0932. The van der Waals surface area contributed by atoms with E-state index in [1.54, 1.807) is 0 Å². The monoisotopic (exact) mass is 184 g/mol. The minimum atomic E-state index is -1.02. The molecule has 13 heavy (non-hydrogen) atoms. The molecule has 1 aliphatic heterocycles. The van der Waals surface area contributed by atoms with Crippen LogP contribution in [0.4, 0.5) is 8.78 Å². The van der Waals surface area contributed by atoms with Crippen molar-refractivity contribution in [3.05, 3.63) is 29.3 Å². The van der Waals surface area contributed by atoms with Crippen molar-refractivity contribution in [2.24, 2.45) is 0 Å². The number of carbonyl (C=O) groups excluding carboxylic acids is 1. The second-order valence-electron chi connectivity index (χ2n) is 2.78. The zero-order valence-corrected chi connectivity index (χ0v) is 6.64. The Morgan fingerprint density at radius 1 is 1.23 bits per heavy atom. The summed E-state index contributed by atoms with van der Waals surface area (Å²) in [7, 11) is 0. The highest BCUT2D eigenvalue weighted by molar-refractivity contribution is 5.99. The molecular formula is C9H6F2O2. The third-order valence-electron chi connectivity index (χ3n) is 1.91. The van der Waals surface area contributed by atoms with Gasteiger partial charge in [0.2, 0.25) is 0 Å². The molecule has 0 atom stereocenters. The topological polar surface area (TPSA) is 26.3 Å². The van der Waals surface area contributed by atoms with Crippen LogP contribution in [0.1, 0.15) is 16.8 Å². The lowest BCUT2D eigenvalue weighted by Crippen LogP contribution is -2.15. The number of halogens is 2. The van der Waals surface area contributed by atoms with Gasteiger partial charge in [-0.25, -0.2) is 8.78 Å². The van der Waals surface area contributed by atoms with Gasteiger partial charge in [0, 0.05) is 12.5 Å². The van der Waals surface area contributed by atoms with Gasteiger partial charge < -0.3 is 4.74 Å². The van der Waals surface area contributed by atoms with Crippen molar-refractivity contribution >= 4 is 5.78 Å². The number of fused-ring (bicyclic) bond motifs is 1. The summed E-state index contributed by atoms with van der Waals surface area (Å²) in [6.07, 6.45) is 0.220. The molecule has 0 bridgehead atoms. The normalized spacial score (nSPS) is 15.1. The second kappa shape index (κ2) is 2.80. The van der Waals surface area contributed by atoms with Gasteiger partial charge in [-0.15, -0.1) is 0 Å². The highest BCUT2D eigenvalue weighted by Crippen LogP contribution is 2.26. The van der Waals surface area contributed by atoms with Crippen molar-refractivity contribution in [2.75, 3.05) is 6.61 Å². The molecule has 0 unspecified atom stereocenters. The second-order valence-corrected chi connectivity index (χ2v) is 2.78. The van der Waals surface area contributed by atoms with E-state index in [1.807, 2.05) is 0 Å². The van der Waals surface area contributed by atoms with Gasteiger partial charge in [-0.1, -0.05) is 0 Å². The predicted octanol–water partition coefficient (Wildman–Crippen LogP) is 1.93. The molecular weight excluding hydrogens is 178 g/mol. The summed E-state index contributed by atoms with van der Waals surface area (Å²) in [6.45, 7) is 0.233. The van der Waals surface area contributed by atoms with E-state index in [0.29, 0.717) is 0 Å². The van der Waals surface area contributed by atoms with Crippen molar-refractivity contribution in [3.63, 3.8) is 0 Å². The van der Waals surface area contributed by atoms with Crippen LogP contribution in [0.2, 0.25) is 0 Å². The summed E-state index contributed by atoms with van der Waals surface area (Å²) in [5.74, 6) is -2.08. The van der Waals surface area contributed by atoms with Crippen LogP contribution in [0.25, 0.3) is 0 Å². The molecule has 0 aliphatic carbocycles. The van der Waals surface area contributed by atoms with Crippen molar-refractivity contribution in [1.82, 2.24) is 0 Å². The van der Waals surface area contributed by atoms with E-state index in [2.05, 4.69) is 0 Å². The predicted molar refractivity (Wildman–Crippen MR) is 40.8 cm³/mol. The molecule has 2 nitrogen and oxygen atoms in total. The Hall–Kier alpha value is -1.45. The minimum absolute atomic E-state index is 0.130. The van der Waals surface area contributed by atoms with E-state index < -0.39 is 11.6 Å². The van der Waals surface area contributed by atoms with Crippen LogP contribution in [0.15, 0.2) is 12.1 Å². The van der Waals surface area contributed by atoms with Crippen molar-refractivity contribution in [1.29, 1.82) is 0 Å². The number of ether oxygens (including phenoxy) is 1. The number of hydrogen-bond donors (Lipinski definition) is 0. The number of hydrogen-bond acceptors (Lipinski definition) is 2. The fourth-order valence-corrected chi connectivity index (χ4v) is 1.25. The molecule has 1 aromatic carbocycles. The van der Waals surface area contributed by atoms with Crippen LogP contribution < -0.4 is 4.74 Å². The molecule has 0 aromatic heterocycles. The Morgan fingerprint density at radius 3 is 2.69 bits per heavy atom. The summed E-state index contributed by atoms with van der Waals surface area (Å²) >= 11 is 0. The molecule has 0 spiro atoms. The van der Waals surface area contributed by atoms with Crippen LogP contribution >= 0.6 is 0 Å². The average Bonchev–Trinajstić information content (AvgIpc) is 2.09. The maximum Gasteiger partial charge on any atom is 0.170 e. The lowest BCUT2D eigenvalue weighted by atomic mass is 10.0. The third kappa shape index (κ3) is 1.28. The Morgan fingerprint density at radius 2 is 1.92 bits per heavy atom. The largest absolute Gasteiger partial charge is 0.492 e. The van der Waals surface area contributed by atoms with Gasteiger partial charge >= 0.3 is 0 Å². The van der Waals surface area contributed by atoms with E-state index >= 15 is 0 Å². The van der Waals surface area contributed by atoms with Crippen LogP contribution in [0.3, 0.4) is 0 Å². The molecule has 1 aliphatic rings. The molecule has 0 amide bonds. The molecule has 0 radical (unpaired) electrons. The van der Waals surface area contributed by atoms with Gasteiger partial charge in [0.05, 0.1) is 12.2 Å². The van der Waals surface area contributed by atoms with E-state index in [-0.39, 0.29) is 30.1 Å². The first kappa shape index (κ1) is 8.16. The first-order chi connectivity index (χ1) is 6.18. The maximum absolute atomic E-state index is 12.7. The summed E-state index contributed by atoms with van der Waals surface area (Å²) in [4.78, 5) is 11.2. The average molecular weight is 184 g/mol. The number of Topliss-reactive ketones (excluding diaryl/α,β-unsaturated/α-hetero) is 1. The molecule has 0 N–H and O–H groups in total. The van der Waals surface area contributed by atoms with E-state index in [9.17, 15) is 13.6 Å². The minimum Gasteiger partial charge on any atom is -0.492 e. The summed E-state index contributed by atoms with van der Waals surface area (Å²) in [6, 6.07) is 1.79. The van der Waals surface area contributed by atoms with Gasteiger partial charge in [-0.3, -0.25) is 4.79 Å². The van der Waals surface area contributed by atoms with Gasteiger partial charge in [0.1, 0.15) is 5.75 Å². The number of carbonyl (C=O) groups is 1. The standard InChI is InChI=1S/C9H6F2O2/c10-6-3-5-8(12)1-2-13-9(5)4-7(6)11/h3-4H,1-2H2. The first-order valence-electron chi connectivity index (χ1n) is 3.83. The zero-order valence-electron chi connectivity index (χ0n) is 6.64. The van der Waals surface area contributed by atoms with Crippen LogP contribution in [0.5, 0.6) is 5.75 Å². The summed E-state index contributed by atoms with van der Waals surface area (Å²) in [5, 5.41) is 0. The molecule has 0 saturated carbocycles. The number of benzene rings is 1. The van der Waals surface area contributed by atoms with Gasteiger partial charge in [-0.2, -0.15) is 0 Å². The van der Waals surface area contributed by atoms with Crippen molar-refractivity contribution < 1.29 is 18.3 Å². The fourth-order valence-electron chi connectivity index (χ4n) is 1.25. The molecule has 0 saturated heterocycles. The molecule has 0 fully saturated rings. The van der Waals surface area contributed by atoms with Crippen LogP contribution in [-0.2, 0) is 0 Å². The van der Waals surface area contributed by atoms with Crippen LogP contribution in [-0.4, -0.2) is 12.4 Å². The smallest absolute Gasteiger partial charge is 0.170 e. The van der Waals surface area contributed by atoms with E-state index in [4.69, 9.17) is 4.74 Å². The summed E-state index contributed by atoms with van der Waals surface area (Å²) in [5.41, 5.74) is 0.130. The highest BCUT2D eigenvalue weighted by Gasteiger charge is 2.20. The Bertz CT molecular complexity index is 374. The van der Waals surface area contributed by atoms with Gasteiger partial charge in [0.25, 0.3) is 0 Å². The quantitative estimate of drug-likeness (QED) is 0.615. The molecule has 2 rings (SSSR count). The third-order valence-corrected chi connectivity index (χ3v) is 1.91. The van der Waals surface area contributed by atoms with Crippen molar-refractivity contribution in [2.45, 2.75) is 6.42 Å². The highest BCUT2D eigenvalue weighted by atomic mass is 19.2. The van der Waals surface area contributed by atoms with Crippen LogP contribution in [0, 0.1) is 11.6 Å². The zero-order chi connectivity index (χ0) is 9.42. The molecule has 68 valence electrons. The fraction of sp³-hybridized carbons (Fsp3) is 0.222. The van der Waals surface area contributed by atoms with Gasteiger partial charge in [0.15, 0.2) is 17.4 Å². The van der Waals surface area contributed by atoms with Gasteiger partial charge in [-0.05, 0) is 6.07 Å². The van der Waals surface area contributed by atoms with E-state index in [0.717, 1.165) is 12.1 Å². The first-order valence-corrected chi connectivity index (χ1v) is 3.83. The lowest BCUT2D eigenvalue weighted by Gasteiger charge is -2.15. The SMILES string of the molecule is O=C1CCOc2cc(F)c(F)cc21. The molecule has 1 aromatic rings. The Balaban J connectivity index is 2.58. The number of ketones is 1. The molecule has 1 heterocycles. The summed E-state index contributed by atoms with van der Waals surface area (Å²) < 4.78 is 30.4. The molecule has 4 heteroatoms. The Kier molecular flexibility index (Phi) is 1.76. The maximum atomic E-state index is 12.7. The number of rotatable bonds is 0.